The SMILES string of the molecule is C=C(c1cc2cnc(Nc3ccc(N4CCNCC4)cc3)nc2n(Cc2cnoc2C2=CCCC2)c1=O)C1CCOCC1. The molecule has 5 heterocycles. The van der Waals surface area contributed by atoms with Gasteiger partial charge in [-0.1, -0.05) is 17.8 Å². The Morgan fingerprint density at radius 1 is 1.12 bits per heavy atom. The van der Waals surface area contributed by atoms with Gasteiger partial charge in [0.05, 0.1) is 12.7 Å². The number of nitrogens with one attached hydrogen (secondary N) is 2. The molecule has 0 spiro atoms. The quantitative estimate of drug-likeness (QED) is 0.298. The third-order valence-corrected chi connectivity index (χ3v) is 8.80. The molecule has 43 heavy (non-hydrogen) atoms. The molecule has 1 aliphatic carbocycles. The summed E-state index contributed by atoms with van der Waals surface area (Å²) in [4.78, 5) is 26.1. The van der Waals surface area contributed by atoms with Crippen molar-refractivity contribution in [3.05, 3.63) is 82.6 Å². The number of benzene rings is 1. The van der Waals surface area contributed by atoms with Gasteiger partial charge in [0.2, 0.25) is 5.95 Å². The molecule has 2 saturated heterocycles. The molecule has 0 amide bonds. The summed E-state index contributed by atoms with van der Waals surface area (Å²) < 4.78 is 13.0. The second kappa shape index (κ2) is 12.1. The van der Waals surface area contributed by atoms with Gasteiger partial charge in [0.25, 0.3) is 5.56 Å². The number of anilines is 3. The average molecular weight is 580 g/mol. The highest BCUT2D eigenvalue weighted by Crippen LogP contribution is 2.32. The Morgan fingerprint density at radius 3 is 2.70 bits per heavy atom. The van der Waals surface area contributed by atoms with Crippen LogP contribution in [0.25, 0.3) is 22.2 Å². The van der Waals surface area contributed by atoms with Crippen LogP contribution in [0.15, 0.2) is 64.7 Å². The van der Waals surface area contributed by atoms with Crippen LogP contribution in [0.2, 0.25) is 0 Å². The Kier molecular flexibility index (Phi) is 7.78. The molecular formula is C33H37N7O3. The maximum absolute atomic E-state index is 14.2. The molecule has 3 aromatic heterocycles. The van der Waals surface area contributed by atoms with Gasteiger partial charge in [-0.15, -0.1) is 0 Å². The van der Waals surface area contributed by atoms with Gasteiger partial charge in [0, 0.05) is 73.5 Å². The molecule has 0 radical (unpaired) electrons. The summed E-state index contributed by atoms with van der Waals surface area (Å²) in [6.07, 6.45) is 10.5. The molecule has 1 aromatic carbocycles. The van der Waals surface area contributed by atoms with Crippen molar-refractivity contribution in [3.63, 3.8) is 0 Å². The van der Waals surface area contributed by atoms with Crippen molar-refractivity contribution in [2.24, 2.45) is 5.92 Å². The Balaban J connectivity index is 1.24. The lowest BCUT2D eigenvalue weighted by Gasteiger charge is -2.29. The van der Waals surface area contributed by atoms with Gasteiger partial charge in [-0.25, -0.2) is 4.98 Å². The lowest BCUT2D eigenvalue weighted by Crippen LogP contribution is -2.43. The van der Waals surface area contributed by atoms with Crippen LogP contribution in [0.4, 0.5) is 17.3 Å². The molecule has 0 unspecified atom stereocenters. The third-order valence-electron chi connectivity index (χ3n) is 8.80. The van der Waals surface area contributed by atoms with Crippen LogP contribution in [0.5, 0.6) is 0 Å². The van der Waals surface area contributed by atoms with Crippen LogP contribution in [0.3, 0.4) is 0 Å². The van der Waals surface area contributed by atoms with Crippen molar-refractivity contribution in [1.29, 1.82) is 0 Å². The largest absolute Gasteiger partial charge is 0.381 e. The molecule has 3 aliphatic rings. The number of piperazine rings is 1. The van der Waals surface area contributed by atoms with Gasteiger partial charge >= 0.3 is 0 Å². The minimum absolute atomic E-state index is 0.124. The fraction of sp³-hybridized carbons (Fsp3) is 0.394. The minimum Gasteiger partial charge on any atom is -0.381 e. The number of hydrogen-bond donors (Lipinski definition) is 2. The van der Waals surface area contributed by atoms with E-state index in [1.165, 1.54) is 5.69 Å². The Labute approximate surface area is 250 Å². The van der Waals surface area contributed by atoms with Gasteiger partial charge in [0.1, 0.15) is 5.65 Å². The third kappa shape index (κ3) is 5.72. The number of aromatic nitrogens is 4. The lowest BCUT2D eigenvalue weighted by atomic mass is 9.88. The predicted octanol–water partition coefficient (Wildman–Crippen LogP) is 4.99. The van der Waals surface area contributed by atoms with E-state index in [2.05, 4.69) is 50.5 Å². The summed E-state index contributed by atoms with van der Waals surface area (Å²) in [6, 6.07) is 10.2. The summed E-state index contributed by atoms with van der Waals surface area (Å²) in [5, 5.41) is 11.6. The summed E-state index contributed by atoms with van der Waals surface area (Å²) in [5.41, 5.74) is 5.96. The highest BCUT2D eigenvalue weighted by molar-refractivity contribution is 5.81. The van der Waals surface area contributed by atoms with E-state index < -0.39 is 0 Å². The standard InChI is InChI=1S/C33H37N7O3/c1-22(23-10-16-42-17-11-23)29-18-25-19-35-33(37-27-6-8-28(9-7-27)39-14-12-34-13-15-39)38-31(25)40(32(29)41)21-26-20-36-43-30(26)24-4-2-3-5-24/h4,6-9,18-20,23,34H,1-3,5,10-17,21H2,(H,35,37,38). The molecule has 2 aliphatic heterocycles. The van der Waals surface area contributed by atoms with Gasteiger partial charge in [-0.05, 0) is 79.5 Å². The minimum atomic E-state index is -0.124. The molecule has 0 atom stereocenters. The lowest BCUT2D eigenvalue weighted by molar-refractivity contribution is 0.0808. The molecule has 0 saturated carbocycles. The van der Waals surface area contributed by atoms with E-state index in [0.29, 0.717) is 30.4 Å². The normalized spacial score (nSPS) is 17.8. The Hall–Kier alpha value is -4.28. The molecule has 10 heteroatoms. The van der Waals surface area contributed by atoms with Crippen molar-refractivity contribution >= 4 is 39.5 Å². The maximum Gasteiger partial charge on any atom is 0.260 e. The van der Waals surface area contributed by atoms with Crippen molar-refractivity contribution in [2.45, 2.75) is 38.6 Å². The summed E-state index contributed by atoms with van der Waals surface area (Å²) >= 11 is 0. The Bertz CT molecular complexity index is 1710. The van der Waals surface area contributed by atoms with Crippen LogP contribution in [0, 0.1) is 5.92 Å². The molecule has 4 aromatic rings. The fourth-order valence-electron chi connectivity index (χ4n) is 6.35. The number of nitrogens with zero attached hydrogens (tertiary/aromatic N) is 5. The van der Waals surface area contributed by atoms with Crippen LogP contribution in [0.1, 0.15) is 49.0 Å². The molecule has 222 valence electrons. The fourth-order valence-corrected chi connectivity index (χ4v) is 6.35. The van der Waals surface area contributed by atoms with Gasteiger partial charge < -0.3 is 24.8 Å². The predicted molar refractivity (Wildman–Crippen MR) is 169 cm³/mol. The zero-order valence-electron chi connectivity index (χ0n) is 24.3. The second-order valence-electron chi connectivity index (χ2n) is 11.5. The number of hydrogen-bond acceptors (Lipinski definition) is 9. The van der Waals surface area contributed by atoms with E-state index in [0.717, 1.165) is 91.8 Å². The van der Waals surface area contributed by atoms with E-state index in [-0.39, 0.29) is 18.0 Å². The van der Waals surface area contributed by atoms with E-state index in [4.69, 9.17) is 14.2 Å². The number of pyridine rings is 1. The number of fused-ring (bicyclic) bond motifs is 1. The smallest absolute Gasteiger partial charge is 0.260 e. The van der Waals surface area contributed by atoms with Gasteiger partial charge in [-0.3, -0.25) is 9.36 Å². The molecule has 10 nitrogen and oxygen atoms in total. The number of allylic oxidation sites excluding steroid dienone is 3. The molecular weight excluding hydrogens is 542 g/mol. The van der Waals surface area contributed by atoms with Crippen LogP contribution >= 0.6 is 0 Å². The highest BCUT2D eigenvalue weighted by atomic mass is 16.5. The number of ether oxygens (including phenoxy) is 1. The first-order chi connectivity index (χ1) is 21.1. The average Bonchev–Trinajstić information content (AvgIpc) is 3.76. The summed E-state index contributed by atoms with van der Waals surface area (Å²) in [6.45, 7) is 9.99. The zero-order valence-corrected chi connectivity index (χ0v) is 24.3. The van der Waals surface area contributed by atoms with E-state index in [1.54, 1.807) is 17.0 Å². The maximum atomic E-state index is 14.2. The topological polar surface area (TPSA) is 110 Å². The van der Waals surface area contributed by atoms with Crippen molar-refractivity contribution in [3.8, 4) is 0 Å². The van der Waals surface area contributed by atoms with Gasteiger partial charge in [-0.2, -0.15) is 4.98 Å². The molecule has 0 bridgehead atoms. The van der Waals surface area contributed by atoms with Crippen molar-refractivity contribution in [2.75, 3.05) is 49.6 Å². The van der Waals surface area contributed by atoms with Crippen molar-refractivity contribution in [1.82, 2.24) is 25.0 Å². The van der Waals surface area contributed by atoms with Crippen LogP contribution < -0.4 is 21.1 Å². The van der Waals surface area contributed by atoms with Crippen molar-refractivity contribution < 1.29 is 9.26 Å². The van der Waals surface area contributed by atoms with Crippen LogP contribution in [-0.2, 0) is 11.3 Å². The van der Waals surface area contributed by atoms with E-state index in [1.807, 2.05) is 18.2 Å². The second-order valence-corrected chi connectivity index (χ2v) is 11.5. The van der Waals surface area contributed by atoms with Crippen LogP contribution in [-0.4, -0.2) is 59.1 Å². The molecule has 2 fully saturated rings. The van der Waals surface area contributed by atoms with E-state index in [9.17, 15) is 4.79 Å². The molecule has 7 rings (SSSR count). The first-order valence-electron chi connectivity index (χ1n) is 15.3. The summed E-state index contributed by atoms with van der Waals surface area (Å²) in [7, 11) is 0. The first kappa shape index (κ1) is 27.5. The summed E-state index contributed by atoms with van der Waals surface area (Å²) in [5.74, 6) is 1.38. The Morgan fingerprint density at radius 2 is 1.93 bits per heavy atom. The first-order valence-corrected chi connectivity index (χ1v) is 15.3. The highest BCUT2D eigenvalue weighted by Gasteiger charge is 2.24. The number of rotatable bonds is 8. The zero-order chi connectivity index (χ0) is 29.2. The monoisotopic (exact) mass is 579 g/mol. The molecule has 2 N–H and O–H groups in total. The van der Waals surface area contributed by atoms with E-state index >= 15 is 0 Å². The van der Waals surface area contributed by atoms with Gasteiger partial charge in [0.15, 0.2) is 5.76 Å².